The third-order valence-corrected chi connectivity index (χ3v) is 3.83. The van der Waals surface area contributed by atoms with Crippen LogP contribution in [-0.4, -0.2) is 35.9 Å². The fourth-order valence-electron chi connectivity index (χ4n) is 2.21. The van der Waals surface area contributed by atoms with Crippen molar-refractivity contribution in [1.29, 1.82) is 0 Å². The van der Waals surface area contributed by atoms with Crippen LogP contribution in [0.1, 0.15) is 17.7 Å². The lowest BCUT2D eigenvalue weighted by atomic mass is 10.2. The number of aromatic nitrogens is 2. The van der Waals surface area contributed by atoms with Gasteiger partial charge in [0.2, 0.25) is 0 Å². The number of nitrogens with one attached hydrogen (secondary N) is 2. The Bertz CT molecular complexity index is 689. The molecule has 0 fully saturated rings. The summed E-state index contributed by atoms with van der Waals surface area (Å²) in [4.78, 5) is 4.21. The number of guanidine groups is 1. The molecule has 8 heteroatoms. The van der Waals surface area contributed by atoms with Gasteiger partial charge in [0.05, 0.1) is 18.8 Å². The van der Waals surface area contributed by atoms with Gasteiger partial charge in [0, 0.05) is 31.9 Å². The lowest BCUT2D eigenvalue weighted by Gasteiger charge is -2.13. The van der Waals surface area contributed by atoms with Crippen molar-refractivity contribution in [3.05, 3.63) is 46.7 Å². The van der Waals surface area contributed by atoms with Gasteiger partial charge in [0.15, 0.2) is 5.96 Å². The quantitative estimate of drug-likeness (QED) is 0.278. The Labute approximate surface area is 171 Å². The van der Waals surface area contributed by atoms with Gasteiger partial charge in [-0.15, -0.1) is 24.0 Å². The Kier molecular flexibility index (Phi) is 9.66. The van der Waals surface area contributed by atoms with E-state index in [0.29, 0.717) is 13.2 Å². The summed E-state index contributed by atoms with van der Waals surface area (Å²) in [5.74, 6) is 1.64. The molecule has 0 spiro atoms. The molecule has 0 radical (unpaired) electrons. The molecule has 1 aromatic heterocycles. The molecule has 25 heavy (non-hydrogen) atoms. The minimum Gasteiger partial charge on any atom is -0.493 e. The average Bonchev–Trinajstić information content (AvgIpc) is 2.97. The molecule has 6 nitrogen and oxygen atoms in total. The van der Waals surface area contributed by atoms with Gasteiger partial charge in [-0.3, -0.25) is 9.67 Å². The van der Waals surface area contributed by atoms with Gasteiger partial charge in [-0.05, 0) is 43.2 Å². The number of rotatable bonds is 7. The van der Waals surface area contributed by atoms with Crippen LogP contribution in [0.15, 0.2) is 35.5 Å². The first-order chi connectivity index (χ1) is 11.6. The molecular formula is C17H25ClIN5O. The van der Waals surface area contributed by atoms with Gasteiger partial charge in [0.1, 0.15) is 5.75 Å². The number of halogens is 2. The molecule has 2 rings (SSSR count). The smallest absolute Gasteiger partial charge is 0.191 e. The standard InChI is InChI=1S/C17H24ClN5O.HI/c1-13-11-14(18)5-6-16(13)24-10-4-8-20-17(19-2)21-12-15-7-9-22-23(15)3;/h5-7,9,11H,4,8,10,12H2,1-3H3,(H2,19,20,21);1H. The van der Waals surface area contributed by atoms with E-state index in [-0.39, 0.29) is 24.0 Å². The Morgan fingerprint density at radius 1 is 1.32 bits per heavy atom. The van der Waals surface area contributed by atoms with Crippen LogP contribution in [-0.2, 0) is 13.6 Å². The van der Waals surface area contributed by atoms with Crippen LogP contribution in [0.2, 0.25) is 5.02 Å². The molecule has 138 valence electrons. The van der Waals surface area contributed by atoms with Crippen molar-refractivity contribution >= 4 is 41.5 Å². The van der Waals surface area contributed by atoms with E-state index in [0.717, 1.165) is 41.0 Å². The highest BCUT2D eigenvalue weighted by Crippen LogP contribution is 2.21. The van der Waals surface area contributed by atoms with E-state index in [2.05, 4.69) is 20.7 Å². The molecule has 0 saturated heterocycles. The van der Waals surface area contributed by atoms with Crippen LogP contribution in [0.25, 0.3) is 0 Å². The second-order valence-electron chi connectivity index (χ2n) is 5.41. The van der Waals surface area contributed by atoms with Gasteiger partial charge < -0.3 is 15.4 Å². The molecule has 0 aliphatic carbocycles. The van der Waals surface area contributed by atoms with Crippen molar-refractivity contribution in [1.82, 2.24) is 20.4 Å². The average molecular weight is 478 g/mol. The first-order valence-electron chi connectivity index (χ1n) is 7.90. The highest BCUT2D eigenvalue weighted by atomic mass is 127. The van der Waals surface area contributed by atoms with Crippen molar-refractivity contribution < 1.29 is 4.74 Å². The van der Waals surface area contributed by atoms with Crippen LogP contribution >= 0.6 is 35.6 Å². The normalized spacial score (nSPS) is 11.0. The summed E-state index contributed by atoms with van der Waals surface area (Å²) in [5, 5.41) is 11.4. The zero-order valence-electron chi connectivity index (χ0n) is 14.8. The van der Waals surface area contributed by atoms with E-state index in [1.807, 2.05) is 42.9 Å². The zero-order chi connectivity index (χ0) is 17.4. The molecule has 1 aromatic carbocycles. The summed E-state index contributed by atoms with van der Waals surface area (Å²) in [6, 6.07) is 7.62. The summed E-state index contributed by atoms with van der Waals surface area (Å²) in [7, 11) is 3.68. The monoisotopic (exact) mass is 477 g/mol. The predicted molar refractivity (Wildman–Crippen MR) is 113 cm³/mol. The number of nitrogens with zero attached hydrogens (tertiary/aromatic N) is 3. The molecule has 0 bridgehead atoms. The highest BCUT2D eigenvalue weighted by molar-refractivity contribution is 14.0. The van der Waals surface area contributed by atoms with Crippen LogP contribution in [0.3, 0.4) is 0 Å². The summed E-state index contributed by atoms with van der Waals surface area (Å²) in [5.41, 5.74) is 2.14. The summed E-state index contributed by atoms with van der Waals surface area (Å²) < 4.78 is 7.61. The van der Waals surface area contributed by atoms with Crippen molar-refractivity contribution in [2.45, 2.75) is 19.9 Å². The molecule has 1 heterocycles. The maximum absolute atomic E-state index is 5.94. The maximum atomic E-state index is 5.94. The second-order valence-corrected chi connectivity index (χ2v) is 5.85. The Balaban J connectivity index is 0.00000312. The molecule has 0 aliphatic rings. The molecular weight excluding hydrogens is 453 g/mol. The minimum absolute atomic E-state index is 0. The second kappa shape index (κ2) is 11.2. The van der Waals surface area contributed by atoms with E-state index in [1.165, 1.54) is 0 Å². The van der Waals surface area contributed by atoms with Crippen LogP contribution < -0.4 is 15.4 Å². The van der Waals surface area contributed by atoms with E-state index in [9.17, 15) is 0 Å². The molecule has 2 N–H and O–H groups in total. The molecule has 2 aromatic rings. The Morgan fingerprint density at radius 2 is 2.12 bits per heavy atom. The number of aryl methyl sites for hydroxylation is 2. The van der Waals surface area contributed by atoms with Crippen molar-refractivity contribution in [3.8, 4) is 5.75 Å². The third-order valence-electron chi connectivity index (χ3n) is 3.59. The highest BCUT2D eigenvalue weighted by Gasteiger charge is 2.02. The summed E-state index contributed by atoms with van der Waals surface area (Å²) >= 11 is 5.94. The van der Waals surface area contributed by atoms with Crippen LogP contribution in [0.4, 0.5) is 0 Å². The van der Waals surface area contributed by atoms with Gasteiger partial charge in [-0.25, -0.2) is 0 Å². The van der Waals surface area contributed by atoms with Gasteiger partial charge in [-0.2, -0.15) is 5.10 Å². The van der Waals surface area contributed by atoms with E-state index in [1.54, 1.807) is 13.2 Å². The lowest BCUT2D eigenvalue weighted by molar-refractivity contribution is 0.309. The molecule has 0 atom stereocenters. The lowest BCUT2D eigenvalue weighted by Crippen LogP contribution is -2.38. The van der Waals surface area contributed by atoms with Gasteiger partial charge in [0.25, 0.3) is 0 Å². The summed E-state index contributed by atoms with van der Waals surface area (Å²) in [6.45, 7) is 4.08. The van der Waals surface area contributed by atoms with Gasteiger partial charge >= 0.3 is 0 Å². The fraction of sp³-hybridized carbons (Fsp3) is 0.412. The maximum Gasteiger partial charge on any atom is 0.191 e. The largest absolute Gasteiger partial charge is 0.493 e. The van der Waals surface area contributed by atoms with Crippen LogP contribution in [0.5, 0.6) is 5.75 Å². The third kappa shape index (κ3) is 7.11. The van der Waals surface area contributed by atoms with E-state index < -0.39 is 0 Å². The topological polar surface area (TPSA) is 63.5 Å². The van der Waals surface area contributed by atoms with Crippen LogP contribution in [0, 0.1) is 6.92 Å². The van der Waals surface area contributed by atoms with Gasteiger partial charge in [-0.1, -0.05) is 11.6 Å². The van der Waals surface area contributed by atoms with Crippen molar-refractivity contribution in [2.75, 3.05) is 20.2 Å². The Morgan fingerprint density at radius 3 is 2.76 bits per heavy atom. The van der Waals surface area contributed by atoms with E-state index in [4.69, 9.17) is 16.3 Å². The molecule has 0 unspecified atom stereocenters. The first kappa shape index (κ1) is 21.6. The zero-order valence-corrected chi connectivity index (χ0v) is 17.8. The number of ether oxygens (including phenoxy) is 1. The van der Waals surface area contributed by atoms with Crippen molar-refractivity contribution in [3.63, 3.8) is 0 Å². The summed E-state index contributed by atoms with van der Waals surface area (Å²) in [6.07, 6.45) is 2.65. The van der Waals surface area contributed by atoms with Crippen molar-refractivity contribution in [2.24, 2.45) is 12.0 Å². The molecule has 0 amide bonds. The molecule has 0 saturated carbocycles. The predicted octanol–water partition coefficient (Wildman–Crippen LogP) is 3.13. The number of benzene rings is 1. The SMILES string of the molecule is CN=C(NCCCOc1ccc(Cl)cc1C)NCc1ccnn1C.I. The number of hydrogen-bond donors (Lipinski definition) is 2. The van der Waals surface area contributed by atoms with E-state index >= 15 is 0 Å². The molecule has 0 aliphatic heterocycles. The first-order valence-corrected chi connectivity index (χ1v) is 8.28. The number of aliphatic imine (C=N–C) groups is 1. The fourth-order valence-corrected chi connectivity index (χ4v) is 2.43. The Hall–Kier alpha value is -1.48. The minimum atomic E-state index is 0. The number of hydrogen-bond acceptors (Lipinski definition) is 3.